The lowest BCUT2D eigenvalue weighted by atomic mass is 9.82. The Bertz CT molecular complexity index is 1210. The molecule has 0 aliphatic carbocycles. The first-order chi connectivity index (χ1) is 24.4. The van der Waals surface area contributed by atoms with Crippen LogP contribution in [0.3, 0.4) is 0 Å². The molecule has 15 nitrogen and oxygen atoms in total. The van der Waals surface area contributed by atoms with Gasteiger partial charge < -0.3 is 63.3 Å². The van der Waals surface area contributed by atoms with Crippen molar-refractivity contribution in [2.75, 3.05) is 21.2 Å². The van der Waals surface area contributed by atoms with Crippen LogP contribution in [0.5, 0.6) is 0 Å². The number of allylic oxidation sites excluding steroid dienone is 2. The highest BCUT2D eigenvalue weighted by Gasteiger charge is 2.51. The number of rotatable bonds is 9. The van der Waals surface area contributed by atoms with E-state index in [0.29, 0.717) is 12.7 Å². The largest absolute Gasteiger partial charge is 0.462 e. The molecule has 15 heteroatoms. The Morgan fingerprint density at radius 2 is 1.73 bits per heavy atom. The molecule has 2 saturated heterocycles. The fourth-order valence-electron chi connectivity index (χ4n) is 7.38. The molecule has 0 radical (unpaired) electrons. The summed E-state index contributed by atoms with van der Waals surface area (Å²) in [6.45, 7) is 9.76. The van der Waals surface area contributed by atoms with E-state index in [4.69, 9.17) is 33.2 Å². The molecule has 0 aromatic heterocycles. The molecular weight excluding hydrogens is 682 g/mol. The Kier molecular flexibility index (Phi) is 16.8. The first-order valence-corrected chi connectivity index (χ1v) is 18.1. The van der Waals surface area contributed by atoms with Crippen molar-refractivity contribution in [2.24, 2.45) is 11.8 Å². The molecule has 0 unspecified atom stereocenters. The van der Waals surface area contributed by atoms with E-state index in [9.17, 15) is 34.8 Å². The molecule has 0 aromatic carbocycles. The van der Waals surface area contributed by atoms with E-state index in [-0.39, 0.29) is 25.2 Å². The Labute approximate surface area is 307 Å². The van der Waals surface area contributed by atoms with Gasteiger partial charge in [-0.1, -0.05) is 25.2 Å². The topological polar surface area (TPSA) is 200 Å². The maximum Gasteiger partial charge on any atom is 0.308 e. The number of cyclic esters (lactones) is 1. The van der Waals surface area contributed by atoms with Gasteiger partial charge in [0.05, 0.1) is 42.5 Å². The van der Waals surface area contributed by atoms with E-state index in [1.54, 1.807) is 58.0 Å². The monoisotopic (exact) mass is 743 g/mol. The highest BCUT2D eigenvalue weighted by molar-refractivity contribution is 5.70. The molecule has 3 rings (SSSR count). The number of aldehydes is 1. The SMILES string of the molecule is CO[C@@H]1[C@@H](O[C@@H]2O[C@H](C)[C@@H](O[C@H]3C[C@@](C)(O)[C@@H](O)[C@H](C)O3)[C@H](N(C)C)[C@H]2O)[C@@H](CC=O)C[C@@H](C)[C@@H](OC(C)=O)/C=C/C=C/C[C@@H](C)OC(=O)C[C@H]1O. The van der Waals surface area contributed by atoms with Crippen molar-refractivity contribution in [3.8, 4) is 0 Å². The Balaban J connectivity index is 1.99. The number of likely N-dealkylation sites (N-methyl/N-ethyl adjacent to an activating group) is 1. The third kappa shape index (κ3) is 11.8. The number of esters is 2. The van der Waals surface area contributed by atoms with Gasteiger partial charge in [-0.15, -0.1) is 0 Å². The van der Waals surface area contributed by atoms with Gasteiger partial charge in [0.1, 0.15) is 42.9 Å². The molecule has 3 aliphatic rings. The van der Waals surface area contributed by atoms with E-state index >= 15 is 0 Å². The second kappa shape index (κ2) is 19.9. The smallest absolute Gasteiger partial charge is 0.308 e. The third-order valence-electron chi connectivity index (χ3n) is 10.1. The lowest BCUT2D eigenvalue weighted by molar-refractivity contribution is -0.344. The van der Waals surface area contributed by atoms with Crippen molar-refractivity contribution in [1.82, 2.24) is 4.90 Å². The molecular formula is C37H61NO14. The third-order valence-corrected chi connectivity index (χ3v) is 10.1. The van der Waals surface area contributed by atoms with Crippen LogP contribution >= 0.6 is 0 Å². The minimum absolute atomic E-state index is 0.0278. The van der Waals surface area contributed by atoms with Crippen LogP contribution in [0.4, 0.5) is 0 Å². The zero-order valence-corrected chi connectivity index (χ0v) is 31.9. The quantitative estimate of drug-likeness (QED) is 0.195. The fourth-order valence-corrected chi connectivity index (χ4v) is 7.38. The highest BCUT2D eigenvalue weighted by atomic mass is 16.7. The van der Waals surface area contributed by atoms with Crippen molar-refractivity contribution in [1.29, 1.82) is 0 Å². The van der Waals surface area contributed by atoms with Gasteiger partial charge in [0, 0.05) is 33.3 Å². The summed E-state index contributed by atoms with van der Waals surface area (Å²) in [6, 6.07) is -0.743. The van der Waals surface area contributed by atoms with Gasteiger partial charge in [-0.25, -0.2) is 0 Å². The zero-order chi connectivity index (χ0) is 38.9. The molecule has 0 bridgehead atoms. The Hall–Kier alpha value is -2.31. The first kappa shape index (κ1) is 44.1. The molecule has 0 spiro atoms. The maximum absolute atomic E-state index is 12.9. The van der Waals surface area contributed by atoms with Crippen LogP contribution in [0.2, 0.25) is 0 Å². The highest BCUT2D eigenvalue weighted by Crippen LogP contribution is 2.36. The van der Waals surface area contributed by atoms with Gasteiger partial charge in [0.25, 0.3) is 0 Å². The summed E-state index contributed by atoms with van der Waals surface area (Å²) < 4.78 is 42.0. The molecule has 298 valence electrons. The van der Waals surface area contributed by atoms with Crippen molar-refractivity contribution >= 4 is 18.2 Å². The minimum atomic E-state index is -1.48. The number of carbonyl (C=O) groups is 3. The zero-order valence-electron chi connectivity index (χ0n) is 31.9. The minimum Gasteiger partial charge on any atom is -0.462 e. The summed E-state index contributed by atoms with van der Waals surface area (Å²) in [5.74, 6) is -2.18. The molecule has 16 atom stereocenters. The molecule has 52 heavy (non-hydrogen) atoms. The van der Waals surface area contributed by atoms with E-state index in [0.717, 1.165) is 0 Å². The number of nitrogens with zero attached hydrogens (tertiary/aromatic N) is 1. The number of hydrogen-bond acceptors (Lipinski definition) is 15. The predicted molar refractivity (Wildman–Crippen MR) is 187 cm³/mol. The lowest BCUT2D eigenvalue weighted by Gasteiger charge is -2.50. The first-order valence-electron chi connectivity index (χ1n) is 18.1. The van der Waals surface area contributed by atoms with Gasteiger partial charge in [-0.2, -0.15) is 0 Å². The predicted octanol–water partition coefficient (Wildman–Crippen LogP) is 1.42. The van der Waals surface area contributed by atoms with Crippen molar-refractivity contribution in [3.05, 3.63) is 24.3 Å². The fraction of sp³-hybridized carbons (Fsp3) is 0.811. The van der Waals surface area contributed by atoms with Gasteiger partial charge in [0.2, 0.25) is 0 Å². The van der Waals surface area contributed by atoms with Crippen molar-refractivity contribution in [2.45, 2.75) is 159 Å². The van der Waals surface area contributed by atoms with Crippen molar-refractivity contribution < 1.29 is 68.0 Å². The van der Waals surface area contributed by atoms with Crippen molar-refractivity contribution in [3.63, 3.8) is 0 Å². The van der Waals surface area contributed by atoms with E-state index < -0.39 is 110 Å². The standard InChI is InChI=1S/C37H61NO14/c1-20-17-25(15-16-39)33(34(46-9)26(41)18-28(42)47-21(2)13-11-10-12-14-27(20)50-24(5)40)52-36-31(43)30(38(7)8)32(22(3)49-36)51-29-19-37(6,45)35(44)23(4)48-29/h10-12,14,16,20-23,25-27,29-36,41,43-45H,13,15,17-19H2,1-9H3/b11-10+,14-12+/t20-,21-,22-,23+,25+,26-,27+,29+,30-,31-,32-,33+,34+,35+,36+,37-/m1/s1. The Morgan fingerprint density at radius 1 is 1.04 bits per heavy atom. The molecule has 0 aromatic rings. The van der Waals surface area contributed by atoms with Crippen LogP contribution < -0.4 is 0 Å². The number of hydrogen-bond donors (Lipinski definition) is 4. The summed E-state index contributed by atoms with van der Waals surface area (Å²) in [5, 5.41) is 44.5. The number of aliphatic hydroxyl groups excluding tert-OH is 3. The number of methoxy groups -OCH3 is 1. The lowest BCUT2D eigenvalue weighted by Crippen LogP contribution is -2.65. The molecule has 3 heterocycles. The number of ether oxygens (including phenoxy) is 7. The molecule has 0 amide bonds. The summed E-state index contributed by atoms with van der Waals surface area (Å²) >= 11 is 0. The average Bonchev–Trinajstić information content (AvgIpc) is 3.03. The number of aliphatic hydroxyl groups is 4. The second-order valence-corrected chi connectivity index (χ2v) is 14.9. The summed E-state index contributed by atoms with van der Waals surface area (Å²) in [4.78, 5) is 38.9. The maximum atomic E-state index is 12.9. The van der Waals surface area contributed by atoms with E-state index in [2.05, 4.69) is 0 Å². The van der Waals surface area contributed by atoms with Gasteiger partial charge in [-0.3, -0.25) is 9.59 Å². The summed E-state index contributed by atoms with van der Waals surface area (Å²) in [5.41, 5.74) is -1.48. The van der Waals surface area contributed by atoms with Gasteiger partial charge >= 0.3 is 11.9 Å². The van der Waals surface area contributed by atoms with E-state index in [1.165, 1.54) is 21.0 Å². The van der Waals surface area contributed by atoms with Crippen LogP contribution in [0.1, 0.15) is 73.6 Å². The summed E-state index contributed by atoms with van der Waals surface area (Å²) in [7, 11) is 4.84. The van der Waals surface area contributed by atoms with Crippen LogP contribution in [0.15, 0.2) is 24.3 Å². The van der Waals surface area contributed by atoms with E-state index in [1.807, 2.05) is 13.0 Å². The average molecular weight is 744 g/mol. The second-order valence-electron chi connectivity index (χ2n) is 14.9. The van der Waals surface area contributed by atoms with Gasteiger partial charge in [-0.05, 0) is 66.1 Å². The van der Waals surface area contributed by atoms with Crippen LogP contribution in [-0.2, 0) is 47.5 Å². The van der Waals surface area contributed by atoms with Crippen LogP contribution in [0, 0.1) is 11.8 Å². The molecule has 4 N–H and O–H groups in total. The van der Waals surface area contributed by atoms with Crippen LogP contribution in [-0.4, -0.2) is 150 Å². The van der Waals surface area contributed by atoms with Crippen LogP contribution in [0.25, 0.3) is 0 Å². The molecule has 2 fully saturated rings. The normalized spacial score (nSPS) is 44.0. The van der Waals surface area contributed by atoms with Gasteiger partial charge in [0.15, 0.2) is 12.6 Å². The Morgan fingerprint density at radius 3 is 2.33 bits per heavy atom. The molecule has 0 saturated carbocycles. The number of carbonyl (C=O) groups excluding carboxylic acids is 3. The molecule has 3 aliphatic heterocycles. The summed E-state index contributed by atoms with van der Waals surface area (Å²) in [6.07, 6.45) is -4.04.